The van der Waals surface area contributed by atoms with Gasteiger partial charge in [-0.3, -0.25) is 9.59 Å². The van der Waals surface area contributed by atoms with Gasteiger partial charge in [-0.2, -0.15) is 0 Å². The number of nitrogens with two attached hydrogens (primary N) is 1. The molecule has 0 spiro atoms. The number of anilines is 1. The molecule has 1 fully saturated rings. The third-order valence-corrected chi connectivity index (χ3v) is 4.21. The molecule has 2 atom stereocenters. The van der Waals surface area contributed by atoms with Crippen molar-refractivity contribution >= 4 is 29.9 Å². The van der Waals surface area contributed by atoms with Gasteiger partial charge < -0.3 is 25.1 Å². The maximum absolute atomic E-state index is 12.6. The van der Waals surface area contributed by atoms with Crippen molar-refractivity contribution in [1.29, 1.82) is 0 Å². The second kappa shape index (κ2) is 9.03. The van der Waals surface area contributed by atoms with Crippen molar-refractivity contribution in [2.24, 2.45) is 5.73 Å². The summed E-state index contributed by atoms with van der Waals surface area (Å²) >= 11 is 0. The van der Waals surface area contributed by atoms with Gasteiger partial charge >= 0.3 is 0 Å². The largest absolute Gasteiger partial charge is 0.467 e. The van der Waals surface area contributed by atoms with E-state index in [-0.39, 0.29) is 43.0 Å². The number of hydrogen-bond donors (Lipinski definition) is 2. The Kier molecular flexibility index (Phi) is 7.01. The van der Waals surface area contributed by atoms with Gasteiger partial charge in [-0.05, 0) is 44.2 Å². The quantitative estimate of drug-likeness (QED) is 0.832. The molecule has 8 heteroatoms. The number of amides is 2. The van der Waals surface area contributed by atoms with Gasteiger partial charge in [0.2, 0.25) is 0 Å². The topological polar surface area (TPSA) is 97.8 Å². The van der Waals surface area contributed by atoms with Crippen LogP contribution in [-0.4, -0.2) is 42.0 Å². The fraction of sp³-hybridized carbons (Fsp3) is 0.368. The van der Waals surface area contributed by atoms with Gasteiger partial charge in [-0.25, -0.2) is 0 Å². The average molecular weight is 394 g/mol. The highest BCUT2D eigenvalue weighted by Crippen LogP contribution is 2.17. The monoisotopic (exact) mass is 393 g/mol. The Morgan fingerprint density at radius 1 is 1.15 bits per heavy atom. The van der Waals surface area contributed by atoms with Gasteiger partial charge in [-0.15, -0.1) is 12.4 Å². The van der Waals surface area contributed by atoms with E-state index in [9.17, 15) is 9.59 Å². The fourth-order valence-corrected chi connectivity index (χ4v) is 3.03. The minimum absolute atomic E-state index is 0. The van der Waals surface area contributed by atoms with Crippen LogP contribution in [0.25, 0.3) is 0 Å². The second-order valence-corrected chi connectivity index (χ2v) is 6.50. The lowest BCUT2D eigenvalue weighted by atomic mass is 10.1. The molecule has 1 saturated heterocycles. The first-order chi connectivity index (χ1) is 12.5. The Morgan fingerprint density at radius 2 is 1.78 bits per heavy atom. The number of carbonyl (C=O) groups is 2. The number of ether oxygens (including phenoxy) is 1. The maximum atomic E-state index is 12.6. The number of rotatable bonds is 4. The molecule has 27 heavy (non-hydrogen) atoms. The molecule has 3 rings (SSSR count). The number of halogens is 1. The van der Waals surface area contributed by atoms with E-state index >= 15 is 0 Å². The maximum Gasteiger partial charge on any atom is 0.258 e. The zero-order valence-electron chi connectivity index (χ0n) is 15.3. The Balaban J connectivity index is 0.00000261. The van der Waals surface area contributed by atoms with Crippen molar-refractivity contribution in [2.75, 3.05) is 18.4 Å². The summed E-state index contributed by atoms with van der Waals surface area (Å²) in [6.45, 7) is 5.31. The lowest BCUT2D eigenvalue weighted by molar-refractivity contribution is -0.0586. The molecule has 1 aliphatic heterocycles. The summed E-state index contributed by atoms with van der Waals surface area (Å²) in [6.07, 6.45) is 1.42. The Bertz CT molecular complexity index is 781. The van der Waals surface area contributed by atoms with E-state index in [2.05, 4.69) is 5.32 Å². The fourth-order valence-electron chi connectivity index (χ4n) is 3.03. The molecule has 7 nitrogen and oxygen atoms in total. The highest BCUT2D eigenvalue weighted by atomic mass is 35.5. The molecule has 2 unspecified atom stereocenters. The van der Waals surface area contributed by atoms with Crippen LogP contribution in [0.5, 0.6) is 0 Å². The molecule has 0 saturated carbocycles. The van der Waals surface area contributed by atoms with E-state index in [1.807, 2.05) is 13.8 Å². The first kappa shape index (κ1) is 21.0. The second-order valence-electron chi connectivity index (χ2n) is 6.50. The Hall–Kier alpha value is -2.35. The van der Waals surface area contributed by atoms with E-state index < -0.39 is 0 Å². The number of benzene rings is 1. The first-order valence-corrected chi connectivity index (χ1v) is 8.60. The third kappa shape index (κ3) is 5.09. The number of nitrogens with zero attached hydrogens (tertiary/aromatic N) is 1. The van der Waals surface area contributed by atoms with E-state index in [0.717, 1.165) is 0 Å². The summed E-state index contributed by atoms with van der Waals surface area (Å²) in [4.78, 5) is 26.6. The number of nitrogens with one attached hydrogen (secondary N) is 1. The van der Waals surface area contributed by atoms with Crippen LogP contribution in [0, 0.1) is 0 Å². The van der Waals surface area contributed by atoms with Crippen LogP contribution >= 0.6 is 12.4 Å². The summed E-state index contributed by atoms with van der Waals surface area (Å²) in [5, 5.41) is 2.77. The summed E-state index contributed by atoms with van der Waals surface area (Å²) < 4.78 is 10.8. The summed E-state index contributed by atoms with van der Waals surface area (Å²) in [7, 11) is 0. The normalized spacial score (nSPS) is 19.3. The van der Waals surface area contributed by atoms with Gasteiger partial charge in [0, 0.05) is 24.3 Å². The predicted octanol–water partition coefficient (Wildman–Crippen LogP) is 2.66. The van der Waals surface area contributed by atoms with E-state index in [1.165, 1.54) is 6.26 Å². The van der Waals surface area contributed by atoms with Gasteiger partial charge in [0.25, 0.3) is 11.8 Å². The molecule has 1 aliphatic rings. The third-order valence-electron chi connectivity index (χ3n) is 4.21. The van der Waals surface area contributed by atoms with Gasteiger partial charge in [-0.1, -0.05) is 0 Å². The van der Waals surface area contributed by atoms with Crippen molar-refractivity contribution in [2.45, 2.75) is 32.6 Å². The first-order valence-electron chi connectivity index (χ1n) is 8.60. The summed E-state index contributed by atoms with van der Waals surface area (Å²) in [5.41, 5.74) is 7.06. The molecule has 0 aliphatic carbocycles. The zero-order chi connectivity index (χ0) is 18.7. The van der Waals surface area contributed by atoms with Crippen molar-refractivity contribution in [3.8, 4) is 0 Å². The molecule has 2 heterocycles. The Labute approximate surface area is 164 Å². The van der Waals surface area contributed by atoms with Crippen LogP contribution in [0.15, 0.2) is 41.0 Å². The molecule has 2 aromatic rings. The van der Waals surface area contributed by atoms with Crippen molar-refractivity contribution in [3.63, 3.8) is 0 Å². The van der Waals surface area contributed by atoms with Gasteiger partial charge in [0.1, 0.15) is 12.0 Å². The smallest absolute Gasteiger partial charge is 0.258 e. The van der Waals surface area contributed by atoms with Gasteiger partial charge in [0.15, 0.2) is 0 Å². The van der Waals surface area contributed by atoms with Crippen LogP contribution < -0.4 is 11.1 Å². The number of furan rings is 1. The molecule has 146 valence electrons. The van der Waals surface area contributed by atoms with Crippen LogP contribution in [0.1, 0.15) is 40.3 Å². The minimum Gasteiger partial charge on any atom is -0.467 e. The SMILES string of the molecule is CC1CN(C(=O)c2ccc(NC(=O)c3coc(CN)c3)cc2)CC(C)O1.Cl. The summed E-state index contributed by atoms with van der Waals surface area (Å²) in [5.74, 6) is 0.223. The number of morpholine rings is 1. The Morgan fingerprint density at radius 3 is 2.33 bits per heavy atom. The highest BCUT2D eigenvalue weighted by molar-refractivity contribution is 6.04. The molecular formula is C19H24ClN3O4. The van der Waals surface area contributed by atoms with Crippen LogP contribution in [0.3, 0.4) is 0 Å². The van der Waals surface area contributed by atoms with E-state index in [0.29, 0.717) is 35.7 Å². The molecule has 2 amide bonds. The molecule has 1 aromatic carbocycles. The van der Waals surface area contributed by atoms with Crippen molar-refractivity contribution in [1.82, 2.24) is 4.90 Å². The molecular weight excluding hydrogens is 370 g/mol. The molecule has 3 N–H and O–H groups in total. The van der Waals surface area contributed by atoms with Crippen molar-refractivity contribution < 1.29 is 18.7 Å². The molecule has 0 radical (unpaired) electrons. The van der Waals surface area contributed by atoms with Crippen molar-refractivity contribution in [3.05, 3.63) is 53.5 Å². The van der Waals surface area contributed by atoms with Crippen LogP contribution in [0.2, 0.25) is 0 Å². The minimum atomic E-state index is -0.289. The van der Waals surface area contributed by atoms with E-state index in [4.69, 9.17) is 14.9 Å². The average Bonchev–Trinajstić information content (AvgIpc) is 3.10. The highest BCUT2D eigenvalue weighted by Gasteiger charge is 2.26. The summed E-state index contributed by atoms with van der Waals surface area (Å²) in [6, 6.07) is 8.45. The van der Waals surface area contributed by atoms with E-state index in [1.54, 1.807) is 35.2 Å². The zero-order valence-corrected chi connectivity index (χ0v) is 16.1. The molecule has 1 aromatic heterocycles. The standard InChI is InChI=1S/C19H23N3O4.ClH/c1-12-9-22(10-13(2)26-12)19(24)14-3-5-16(6-4-14)21-18(23)15-7-17(8-20)25-11-15;/h3-7,11-13H,8-10,20H2,1-2H3,(H,21,23);1H. The van der Waals surface area contributed by atoms with Gasteiger partial charge in [0.05, 0.1) is 24.3 Å². The number of hydrogen-bond acceptors (Lipinski definition) is 5. The predicted molar refractivity (Wildman–Crippen MR) is 104 cm³/mol. The molecule has 0 bridgehead atoms. The van der Waals surface area contributed by atoms with Crippen LogP contribution in [-0.2, 0) is 11.3 Å². The lowest BCUT2D eigenvalue weighted by Crippen LogP contribution is -2.48. The van der Waals surface area contributed by atoms with Crippen LogP contribution in [0.4, 0.5) is 5.69 Å². The number of carbonyl (C=O) groups excluding carboxylic acids is 2. The lowest BCUT2D eigenvalue weighted by Gasteiger charge is -2.35.